The van der Waals surface area contributed by atoms with Crippen molar-refractivity contribution in [3.63, 3.8) is 0 Å². The molecule has 0 aliphatic carbocycles. The van der Waals surface area contributed by atoms with E-state index in [-0.39, 0.29) is 24.7 Å². The second-order valence-corrected chi connectivity index (χ2v) is 8.26. The van der Waals surface area contributed by atoms with E-state index in [1.807, 2.05) is 41.3 Å². The van der Waals surface area contributed by atoms with Crippen LogP contribution in [0.4, 0.5) is 11.4 Å². The first-order chi connectivity index (χ1) is 15.6. The molecular formula is C25H31N3O4. The molecule has 4 rings (SSSR count). The van der Waals surface area contributed by atoms with Gasteiger partial charge in [-0.15, -0.1) is 0 Å². The van der Waals surface area contributed by atoms with Crippen LogP contribution in [0, 0.1) is 0 Å². The molecule has 1 atom stereocenters. The van der Waals surface area contributed by atoms with Gasteiger partial charge in [0.15, 0.2) is 0 Å². The van der Waals surface area contributed by atoms with E-state index in [2.05, 4.69) is 16.3 Å². The largest absolute Gasteiger partial charge is 0.497 e. The molecule has 2 aromatic carbocycles. The van der Waals surface area contributed by atoms with Crippen LogP contribution in [0.2, 0.25) is 0 Å². The van der Waals surface area contributed by atoms with Crippen molar-refractivity contribution in [1.29, 1.82) is 0 Å². The number of carbonyl (C=O) groups excluding carboxylic acids is 2. The minimum atomic E-state index is -0.118. The summed E-state index contributed by atoms with van der Waals surface area (Å²) in [5, 5.41) is 2.92. The molecule has 32 heavy (non-hydrogen) atoms. The van der Waals surface area contributed by atoms with Crippen LogP contribution in [0.25, 0.3) is 0 Å². The number of amides is 2. The summed E-state index contributed by atoms with van der Waals surface area (Å²) in [5.41, 5.74) is 3.06. The van der Waals surface area contributed by atoms with Gasteiger partial charge in [0.25, 0.3) is 0 Å². The lowest BCUT2D eigenvalue weighted by molar-refractivity contribution is -0.125. The van der Waals surface area contributed by atoms with Gasteiger partial charge in [-0.3, -0.25) is 9.59 Å². The average molecular weight is 438 g/mol. The number of hydrogen-bond donors (Lipinski definition) is 1. The topological polar surface area (TPSA) is 71.1 Å². The van der Waals surface area contributed by atoms with Crippen LogP contribution >= 0.6 is 0 Å². The van der Waals surface area contributed by atoms with E-state index < -0.39 is 0 Å². The number of benzene rings is 2. The number of methoxy groups -OCH3 is 2. The van der Waals surface area contributed by atoms with Crippen LogP contribution < -0.4 is 24.6 Å². The van der Waals surface area contributed by atoms with Gasteiger partial charge in [-0.05, 0) is 55.2 Å². The third kappa shape index (κ3) is 4.66. The fourth-order valence-electron chi connectivity index (χ4n) is 4.68. The lowest BCUT2D eigenvalue weighted by atomic mass is 10.1. The molecule has 2 amide bonds. The van der Waals surface area contributed by atoms with Crippen LogP contribution in [0.15, 0.2) is 42.5 Å². The molecule has 0 radical (unpaired) electrons. The zero-order valence-corrected chi connectivity index (χ0v) is 18.8. The van der Waals surface area contributed by atoms with Gasteiger partial charge >= 0.3 is 0 Å². The Morgan fingerprint density at radius 2 is 1.88 bits per heavy atom. The van der Waals surface area contributed by atoms with Crippen molar-refractivity contribution in [2.45, 2.75) is 38.1 Å². The fourth-order valence-corrected chi connectivity index (χ4v) is 4.68. The van der Waals surface area contributed by atoms with E-state index in [1.54, 1.807) is 14.2 Å². The molecule has 0 bridgehead atoms. The van der Waals surface area contributed by atoms with Crippen molar-refractivity contribution in [1.82, 2.24) is 5.32 Å². The molecule has 0 saturated carbocycles. The van der Waals surface area contributed by atoms with Gasteiger partial charge in [-0.2, -0.15) is 0 Å². The van der Waals surface area contributed by atoms with Crippen molar-refractivity contribution in [3.05, 3.63) is 48.0 Å². The number of ether oxygens (including phenoxy) is 2. The Balaban J connectivity index is 1.29. The van der Waals surface area contributed by atoms with Crippen LogP contribution in [-0.2, 0) is 16.0 Å². The van der Waals surface area contributed by atoms with Crippen molar-refractivity contribution in [2.75, 3.05) is 43.7 Å². The normalized spacial score (nSPS) is 16.9. The third-order valence-electron chi connectivity index (χ3n) is 6.32. The molecule has 2 aromatic rings. The first-order valence-electron chi connectivity index (χ1n) is 11.2. The summed E-state index contributed by atoms with van der Waals surface area (Å²) in [6.07, 6.45) is 3.27. The number of rotatable bonds is 8. The van der Waals surface area contributed by atoms with Gasteiger partial charge in [0.2, 0.25) is 11.8 Å². The van der Waals surface area contributed by atoms with E-state index in [0.717, 1.165) is 47.8 Å². The summed E-state index contributed by atoms with van der Waals surface area (Å²) >= 11 is 0. The highest BCUT2D eigenvalue weighted by Crippen LogP contribution is 2.39. The second kappa shape index (κ2) is 9.94. The number of para-hydroxylation sites is 2. The van der Waals surface area contributed by atoms with Crippen molar-refractivity contribution < 1.29 is 19.1 Å². The zero-order chi connectivity index (χ0) is 22.5. The smallest absolute Gasteiger partial charge is 0.227 e. The Morgan fingerprint density at radius 3 is 2.66 bits per heavy atom. The Kier molecular flexibility index (Phi) is 6.83. The van der Waals surface area contributed by atoms with Gasteiger partial charge in [-0.1, -0.05) is 12.1 Å². The molecule has 2 aliphatic heterocycles. The summed E-state index contributed by atoms with van der Waals surface area (Å²) in [5.74, 6) is 1.40. The predicted octanol–water partition coefficient (Wildman–Crippen LogP) is 3.16. The van der Waals surface area contributed by atoms with Crippen LogP contribution in [0.3, 0.4) is 0 Å². The van der Waals surface area contributed by atoms with Crippen LogP contribution in [-0.4, -0.2) is 51.7 Å². The molecule has 7 heteroatoms. The Labute approximate surface area is 189 Å². The lowest BCUT2D eigenvalue weighted by Crippen LogP contribution is -2.48. The standard InChI is InChI=1S/C25H31N3O4/c1-31-20-9-10-23(32-2)18(16-20)13-14-26-24(29)11-12-25(30)28-17-19-6-5-15-27(19)21-7-3-4-8-22(21)28/h3-4,7-10,16,19H,5-6,11-15,17H2,1-2H3,(H,26,29). The molecule has 170 valence electrons. The molecule has 1 fully saturated rings. The van der Waals surface area contributed by atoms with Gasteiger partial charge in [0.05, 0.1) is 25.6 Å². The summed E-state index contributed by atoms with van der Waals surface area (Å²) in [6.45, 7) is 2.22. The number of fused-ring (bicyclic) bond motifs is 3. The Morgan fingerprint density at radius 1 is 1.06 bits per heavy atom. The number of carbonyl (C=O) groups is 2. The van der Waals surface area contributed by atoms with E-state index >= 15 is 0 Å². The van der Waals surface area contributed by atoms with E-state index in [4.69, 9.17) is 9.47 Å². The molecule has 2 aliphatic rings. The Bertz CT molecular complexity index is 977. The molecule has 1 unspecified atom stereocenters. The summed E-state index contributed by atoms with van der Waals surface area (Å²) in [7, 11) is 3.24. The minimum absolute atomic E-state index is 0.00798. The number of hydrogen-bond acceptors (Lipinski definition) is 5. The van der Waals surface area contributed by atoms with Gasteiger partial charge in [0, 0.05) is 38.5 Å². The maximum atomic E-state index is 13.0. The summed E-state index contributed by atoms with van der Waals surface area (Å²) in [6, 6.07) is 14.1. The summed E-state index contributed by atoms with van der Waals surface area (Å²) < 4.78 is 10.7. The highest BCUT2D eigenvalue weighted by molar-refractivity contribution is 5.99. The molecular weight excluding hydrogens is 406 g/mol. The molecule has 1 N–H and O–H groups in total. The van der Waals surface area contributed by atoms with Crippen LogP contribution in [0.5, 0.6) is 11.5 Å². The third-order valence-corrected chi connectivity index (χ3v) is 6.32. The van der Waals surface area contributed by atoms with Crippen molar-refractivity contribution >= 4 is 23.2 Å². The van der Waals surface area contributed by atoms with Gasteiger partial charge < -0.3 is 24.6 Å². The summed E-state index contributed by atoms with van der Waals surface area (Å²) in [4.78, 5) is 29.7. The minimum Gasteiger partial charge on any atom is -0.497 e. The van der Waals surface area contributed by atoms with Gasteiger partial charge in [-0.25, -0.2) is 0 Å². The quantitative estimate of drug-likeness (QED) is 0.687. The molecule has 2 heterocycles. The van der Waals surface area contributed by atoms with Crippen molar-refractivity contribution in [2.24, 2.45) is 0 Å². The highest BCUT2D eigenvalue weighted by atomic mass is 16.5. The molecule has 0 spiro atoms. The maximum absolute atomic E-state index is 13.0. The Hall–Kier alpha value is -3.22. The van der Waals surface area contributed by atoms with Crippen molar-refractivity contribution in [3.8, 4) is 11.5 Å². The number of nitrogens with one attached hydrogen (secondary N) is 1. The van der Waals surface area contributed by atoms with E-state index in [9.17, 15) is 9.59 Å². The molecule has 1 saturated heterocycles. The molecule has 7 nitrogen and oxygen atoms in total. The van der Waals surface area contributed by atoms with Gasteiger partial charge in [0.1, 0.15) is 11.5 Å². The van der Waals surface area contributed by atoms with E-state index in [0.29, 0.717) is 25.6 Å². The lowest BCUT2D eigenvalue weighted by Gasteiger charge is -2.40. The van der Waals surface area contributed by atoms with E-state index in [1.165, 1.54) is 0 Å². The predicted molar refractivity (Wildman–Crippen MR) is 125 cm³/mol. The fraction of sp³-hybridized carbons (Fsp3) is 0.440. The average Bonchev–Trinajstić information content (AvgIpc) is 3.31. The monoisotopic (exact) mass is 437 g/mol. The van der Waals surface area contributed by atoms with Crippen LogP contribution in [0.1, 0.15) is 31.2 Å². The highest BCUT2D eigenvalue weighted by Gasteiger charge is 2.35. The zero-order valence-electron chi connectivity index (χ0n) is 18.8. The second-order valence-electron chi connectivity index (χ2n) is 8.26. The first kappa shape index (κ1) is 22.0. The maximum Gasteiger partial charge on any atom is 0.227 e. The molecule has 0 aromatic heterocycles. The first-order valence-corrected chi connectivity index (χ1v) is 11.2. The number of anilines is 2. The number of nitrogens with zero attached hydrogens (tertiary/aromatic N) is 2. The SMILES string of the molecule is COc1ccc(OC)c(CCNC(=O)CCC(=O)N2CC3CCCN3c3ccccc32)c1.